The molecular weight excluding hydrogens is 398 g/mol. The zero-order chi connectivity index (χ0) is 22.0. The first-order valence-corrected chi connectivity index (χ1v) is 9.46. The average Bonchev–Trinajstić information content (AvgIpc) is 3.12. The molecule has 0 radical (unpaired) electrons. The summed E-state index contributed by atoms with van der Waals surface area (Å²) in [5.74, 6) is -1.26. The van der Waals surface area contributed by atoms with Crippen LogP contribution in [0.5, 0.6) is 0 Å². The second kappa shape index (κ2) is 8.15. The molecule has 6 N–H and O–H groups in total. The molecule has 9 heteroatoms. The van der Waals surface area contributed by atoms with Gasteiger partial charge in [0.05, 0.1) is 11.8 Å². The average molecular weight is 417 g/mol. The van der Waals surface area contributed by atoms with Gasteiger partial charge in [-0.3, -0.25) is 19.4 Å². The first kappa shape index (κ1) is 19.9. The summed E-state index contributed by atoms with van der Waals surface area (Å²) in [6.07, 6.45) is 2.00. The Labute approximate surface area is 176 Å². The molecule has 0 aliphatic heterocycles. The summed E-state index contributed by atoms with van der Waals surface area (Å²) < 4.78 is 0. The maximum absolute atomic E-state index is 12.6. The predicted molar refractivity (Wildman–Crippen MR) is 116 cm³/mol. The number of anilines is 2. The van der Waals surface area contributed by atoms with Crippen molar-refractivity contribution in [3.05, 3.63) is 87.3 Å². The van der Waals surface area contributed by atoms with Crippen molar-refractivity contribution in [1.82, 2.24) is 15.0 Å². The summed E-state index contributed by atoms with van der Waals surface area (Å²) >= 11 is 0. The van der Waals surface area contributed by atoms with Gasteiger partial charge in [0.15, 0.2) is 0 Å². The quantitative estimate of drug-likeness (QED) is 0.324. The highest BCUT2D eigenvalue weighted by atomic mass is 16.4. The molecule has 4 rings (SSSR count). The number of nitrogen functional groups attached to an aromatic ring is 1. The molecule has 0 unspecified atom stereocenters. The molecule has 2 aromatic carbocycles. The van der Waals surface area contributed by atoms with Crippen LogP contribution in [0.25, 0.3) is 11.0 Å². The van der Waals surface area contributed by atoms with Gasteiger partial charge in [-0.2, -0.15) is 4.98 Å². The molecule has 0 atom stereocenters. The first-order chi connectivity index (χ1) is 14.9. The summed E-state index contributed by atoms with van der Waals surface area (Å²) in [7, 11) is 0. The van der Waals surface area contributed by atoms with Crippen LogP contribution in [-0.4, -0.2) is 31.9 Å². The highest BCUT2D eigenvalue weighted by Crippen LogP contribution is 2.19. The summed E-state index contributed by atoms with van der Waals surface area (Å²) in [5, 5.41) is 12.2. The van der Waals surface area contributed by atoms with E-state index in [1.807, 2.05) is 0 Å². The van der Waals surface area contributed by atoms with Gasteiger partial charge in [0, 0.05) is 17.4 Å². The van der Waals surface area contributed by atoms with Crippen LogP contribution in [0.3, 0.4) is 0 Å². The van der Waals surface area contributed by atoms with Crippen molar-refractivity contribution in [3.8, 4) is 0 Å². The minimum Gasteiger partial charge on any atom is -0.481 e. The second-order valence-electron chi connectivity index (χ2n) is 7.04. The molecule has 2 aromatic heterocycles. The molecule has 2 heterocycles. The van der Waals surface area contributed by atoms with Crippen LogP contribution < -0.4 is 16.6 Å². The molecule has 0 saturated heterocycles. The SMILES string of the molecule is Nc1nc2[nH]cc(Cc3ccc(C(=O)Nc4ccccc4CC(=O)O)cc3)c2c(=O)[nH]1. The number of amides is 1. The van der Waals surface area contributed by atoms with Gasteiger partial charge in [-0.25, -0.2) is 0 Å². The van der Waals surface area contributed by atoms with Crippen molar-refractivity contribution in [2.24, 2.45) is 0 Å². The number of nitrogens with one attached hydrogen (secondary N) is 3. The third-order valence-electron chi connectivity index (χ3n) is 4.86. The van der Waals surface area contributed by atoms with Crippen LogP contribution in [0.2, 0.25) is 0 Å². The topological polar surface area (TPSA) is 154 Å². The van der Waals surface area contributed by atoms with E-state index in [0.29, 0.717) is 34.3 Å². The molecular formula is C22H19N5O4. The Morgan fingerprint density at radius 1 is 1.06 bits per heavy atom. The van der Waals surface area contributed by atoms with E-state index in [4.69, 9.17) is 10.8 Å². The highest BCUT2D eigenvalue weighted by molar-refractivity contribution is 6.04. The summed E-state index contributed by atoms with van der Waals surface area (Å²) in [6.45, 7) is 0. The van der Waals surface area contributed by atoms with Gasteiger partial charge in [0.1, 0.15) is 5.65 Å². The summed E-state index contributed by atoms with van der Waals surface area (Å²) in [6, 6.07) is 13.8. The number of nitrogens with two attached hydrogens (primary N) is 1. The van der Waals surface area contributed by atoms with Gasteiger partial charge < -0.3 is 21.1 Å². The molecule has 31 heavy (non-hydrogen) atoms. The summed E-state index contributed by atoms with van der Waals surface area (Å²) in [4.78, 5) is 45.3. The number of hydrogen-bond acceptors (Lipinski definition) is 5. The molecule has 156 valence electrons. The van der Waals surface area contributed by atoms with Gasteiger partial charge in [-0.05, 0) is 41.3 Å². The number of aromatic amines is 2. The third kappa shape index (κ3) is 4.30. The number of hydrogen-bond donors (Lipinski definition) is 5. The van der Waals surface area contributed by atoms with Gasteiger partial charge in [0.2, 0.25) is 5.95 Å². The Kier molecular flexibility index (Phi) is 5.23. The lowest BCUT2D eigenvalue weighted by atomic mass is 10.0. The molecule has 0 aliphatic carbocycles. The van der Waals surface area contributed by atoms with Gasteiger partial charge in [-0.15, -0.1) is 0 Å². The second-order valence-corrected chi connectivity index (χ2v) is 7.04. The van der Waals surface area contributed by atoms with Crippen LogP contribution in [0.1, 0.15) is 27.0 Å². The highest BCUT2D eigenvalue weighted by Gasteiger charge is 2.13. The first-order valence-electron chi connectivity index (χ1n) is 9.46. The Bertz CT molecular complexity index is 1340. The number of carboxylic acids is 1. The largest absolute Gasteiger partial charge is 0.481 e. The Morgan fingerprint density at radius 3 is 2.55 bits per heavy atom. The number of aromatic nitrogens is 3. The number of benzene rings is 2. The van der Waals surface area contributed by atoms with E-state index in [0.717, 1.165) is 11.1 Å². The van der Waals surface area contributed by atoms with Crippen molar-refractivity contribution >= 4 is 34.5 Å². The Morgan fingerprint density at radius 2 is 1.81 bits per heavy atom. The molecule has 0 spiro atoms. The minimum atomic E-state index is -0.972. The number of para-hydroxylation sites is 1. The lowest BCUT2D eigenvalue weighted by Crippen LogP contribution is -2.14. The van der Waals surface area contributed by atoms with Crippen LogP contribution in [-0.2, 0) is 17.6 Å². The van der Waals surface area contributed by atoms with E-state index in [-0.39, 0.29) is 23.8 Å². The smallest absolute Gasteiger partial charge is 0.307 e. The van der Waals surface area contributed by atoms with Crippen LogP contribution in [0.4, 0.5) is 11.6 Å². The maximum atomic E-state index is 12.6. The van der Waals surface area contributed by atoms with Crippen LogP contribution >= 0.6 is 0 Å². The zero-order valence-corrected chi connectivity index (χ0v) is 16.3. The predicted octanol–water partition coefficient (Wildman–Crippen LogP) is 2.30. The van der Waals surface area contributed by atoms with Crippen molar-refractivity contribution in [2.75, 3.05) is 11.1 Å². The van der Waals surface area contributed by atoms with E-state index in [2.05, 4.69) is 20.3 Å². The number of fused-ring (bicyclic) bond motifs is 1. The number of carbonyl (C=O) groups excluding carboxylic acids is 1. The number of carbonyl (C=O) groups is 2. The number of nitrogens with zero attached hydrogens (tertiary/aromatic N) is 1. The van der Waals surface area contributed by atoms with Crippen molar-refractivity contribution in [3.63, 3.8) is 0 Å². The van der Waals surface area contributed by atoms with Crippen molar-refractivity contribution in [1.29, 1.82) is 0 Å². The van der Waals surface area contributed by atoms with Crippen LogP contribution in [0.15, 0.2) is 59.5 Å². The fourth-order valence-corrected chi connectivity index (χ4v) is 3.41. The molecule has 0 bridgehead atoms. The Hall–Kier alpha value is -4.40. The number of rotatable bonds is 6. The van der Waals surface area contributed by atoms with Crippen molar-refractivity contribution in [2.45, 2.75) is 12.8 Å². The maximum Gasteiger partial charge on any atom is 0.307 e. The normalized spacial score (nSPS) is 10.8. The zero-order valence-electron chi connectivity index (χ0n) is 16.3. The van der Waals surface area contributed by atoms with Gasteiger partial charge in [-0.1, -0.05) is 30.3 Å². The fraction of sp³-hybridized carbons (Fsp3) is 0.0909. The van der Waals surface area contributed by atoms with E-state index in [1.165, 1.54) is 0 Å². The third-order valence-corrected chi connectivity index (χ3v) is 4.86. The van der Waals surface area contributed by atoms with Gasteiger partial charge >= 0.3 is 5.97 Å². The van der Waals surface area contributed by atoms with E-state index < -0.39 is 5.97 Å². The molecule has 9 nitrogen and oxygen atoms in total. The molecule has 1 amide bonds. The van der Waals surface area contributed by atoms with Crippen LogP contribution in [0, 0.1) is 0 Å². The number of carboxylic acid groups (broad SMARTS) is 1. The fourth-order valence-electron chi connectivity index (χ4n) is 3.41. The molecule has 0 saturated carbocycles. The molecule has 0 aliphatic rings. The van der Waals surface area contributed by atoms with Gasteiger partial charge in [0.25, 0.3) is 11.5 Å². The van der Waals surface area contributed by atoms with E-state index in [9.17, 15) is 14.4 Å². The number of H-pyrrole nitrogens is 2. The standard InChI is InChI=1S/C22H19N5O4/c23-22-26-19-18(21(31)27-22)15(11-24-19)9-12-5-7-13(8-6-12)20(30)25-16-4-2-1-3-14(16)10-17(28)29/h1-8,11H,9-10H2,(H,25,30)(H,28,29)(H4,23,24,26,27,31). The minimum absolute atomic E-state index is 0.0474. The monoisotopic (exact) mass is 417 g/mol. The number of aliphatic carboxylic acids is 1. The summed E-state index contributed by atoms with van der Waals surface area (Å²) in [5.41, 5.74) is 8.77. The van der Waals surface area contributed by atoms with Crippen molar-refractivity contribution < 1.29 is 14.7 Å². The molecule has 0 fully saturated rings. The van der Waals surface area contributed by atoms with E-state index >= 15 is 0 Å². The van der Waals surface area contributed by atoms with E-state index in [1.54, 1.807) is 54.7 Å². The Balaban J connectivity index is 1.51. The molecule has 4 aromatic rings. The lowest BCUT2D eigenvalue weighted by molar-refractivity contribution is -0.136. The lowest BCUT2D eigenvalue weighted by Gasteiger charge is -2.10.